The van der Waals surface area contributed by atoms with E-state index in [1.807, 2.05) is 0 Å². The van der Waals surface area contributed by atoms with E-state index in [9.17, 15) is 18.0 Å². The topological polar surface area (TPSA) is 62.2 Å². The van der Waals surface area contributed by atoms with E-state index in [1.165, 1.54) is 6.07 Å². The lowest BCUT2D eigenvalue weighted by Crippen LogP contribution is -2.20. The van der Waals surface area contributed by atoms with Gasteiger partial charge in [0.2, 0.25) is 0 Å². The Morgan fingerprint density at radius 3 is 2.57 bits per heavy atom. The van der Waals surface area contributed by atoms with Crippen LogP contribution in [0.25, 0.3) is 0 Å². The van der Waals surface area contributed by atoms with Crippen LogP contribution in [0.3, 0.4) is 0 Å². The number of benzene rings is 1. The maximum atomic E-state index is 12.8. The standard InChI is InChI=1S/C12H12ClF3N2O2.ClH/c1-2-20-11(19)6-10(17)18-9-4-3-7(13)5-8(9)12(14,15)16;/h3-5H,2,6H2,1H3,(H2,17,18);1H. The largest absolute Gasteiger partial charge is 0.466 e. The van der Waals surface area contributed by atoms with Crippen molar-refractivity contribution in [2.24, 2.45) is 0 Å². The molecule has 0 unspecified atom stereocenters. The smallest absolute Gasteiger partial charge is 0.418 e. The van der Waals surface area contributed by atoms with Gasteiger partial charge in [-0.1, -0.05) is 11.6 Å². The van der Waals surface area contributed by atoms with E-state index in [1.54, 1.807) is 6.92 Å². The van der Waals surface area contributed by atoms with Crippen LogP contribution < -0.4 is 5.32 Å². The molecule has 0 saturated heterocycles. The molecule has 0 saturated carbocycles. The first-order valence-corrected chi connectivity index (χ1v) is 5.98. The lowest BCUT2D eigenvalue weighted by Gasteiger charge is -2.15. The molecule has 0 radical (unpaired) electrons. The average Bonchev–Trinajstić information content (AvgIpc) is 2.30. The Morgan fingerprint density at radius 1 is 1.43 bits per heavy atom. The van der Waals surface area contributed by atoms with Gasteiger partial charge in [-0.25, -0.2) is 0 Å². The molecule has 0 spiro atoms. The molecule has 1 rings (SSSR count). The van der Waals surface area contributed by atoms with Crippen LogP contribution in [0.1, 0.15) is 18.9 Å². The van der Waals surface area contributed by atoms with Crippen LogP contribution in [0.4, 0.5) is 18.9 Å². The van der Waals surface area contributed by atoms with Crippen molar-refractivity contribution in [3.05, 3.63) is 28.8 Å². The van der Waals surface area contributed by atoms with Crippen molar-refractivity contribution in [2.75, 3.05) is 11.9 Å². The third-order valence-electron chi connectivity index (χ3n) is 2.20. The SMILES string of the molecule is CCOC(=O)CC(=N)Nc1ccc(Cl)cc1C(F)(F)F.Cl. The number of hydrogen-bond acceptors (Lipinski definition) is 3. The quantitative estimate of drug-likeness (QED) is 0.490. The number of amidine groups is 1. The van der Waals surface area contributed by atoms with Gasteiger partial charge in [0.25, 0.3) is 0 Å². The van der Waals surface area contributed by atoms with Crippen molar-refractivity contribution in [3.63, 3.8) is 0 Å². The van der Waals surface area contributed by atoms with Crippen molar-refractivity contribution in [3.8, 4) is 0 Å². The summed E-state index contributed by atoms with van der Waals surface area (Å²) < 4.78 is 43.0. The summed E-state index contributed by atoms with van der Waals surface area (Å²) in [4.78, 5) is 11.1. The van der Waals surface area contributed by atoms with Crippen LogP contribution in [0.15, 0.2) is 18.2 Å². The van der Waals surface area contributed by atoms with Crippen molar-refractivity contribution < 1.29 is 22.7 Å². The molecular formula is C12H13Cl2F3N2O2. The molecule has 0 atom stereocenters. The molecule has 118 valence electrons. The highest BCUT2D eigenvalue weighted by molar-refractivity contribution is 6.30. The second-order valence-electron chi connectivity index (χ2n) is 3.77. The lowest BCUT2D eigenvalue weighted by atomic mass is 10.1. The number of esters is 1. The zero-order chi connectivity index (χ0) is 15.3. The number of halogens is 5. The van der Waals surface area contributed by atoms with E-state index in [4.69, 9.17) is 17.0 Å². The highest BCUT2D eigenvalue weighted by atomic mass is 35.5. The number of carbonyl (C=O) groups is 1. The summed E-state index contributed by atoms with van der Waals surface area (Å²) in [5.74, 6) is -1.08. The number of rotatable bonds is 4. The van der Waals surface area contributed by atoms with Crippen LogP contribution in [-0.4, -0.2) is 18.4 Å². The second kappa shape index (κ2) is 8.09. The Morgan fingerprint density at radius 2 is 2.05 bits per heavy atom. The fourth-order valence-electron chi connectivity index (χ4n) is 1.42. The van der Waals surface area contributed by atoms with Gasteiger partial charge in [0.15, 0.2) is 0 Å². The molecule has 2 N–H and O–H groups in total. The van der Waals surface area contributed by atoms with Gasteiger partial charge in [-0.2, -0.15) is 13.2 Å². The maximum absolute atomic E-state index is 12.8. The summed E-state index contributed by atoms with van der Waals surface area (Å²) in [5, 5.41) is 9.65. The zero-order valence-electron chi connectivity index (χ0n) is 10.9. The van der Waals surface area contributed by atoms with Gasteiger partial charge in [-0.3, -0.25) is 10.2 Å². The van der Waals surface area contributed by atoms with Crippen molar-refractivity contribution in [2.45, 2.75) is 19.5 Å². The third kappa shape index (κ3) is 6.22. The molecular weight excluding hydrogens is 332 g/mol. The maximum Gasteiger partial charge on any atom is 0.418 e. The average molecular weight is 345 g/mol. The predicted molar refractivity (Wildman–Crippen MR) is 76.3 cm³/mol. The molecule has 1 aromatic rings. The molecule has 0 aliphatic rings. The highest BCUT2D eigenvalue weighted by Crippen LogP contribution is 2.36. The predicted octanol–water partition coefficient (Wildman–Crippen LogP) is 4.12. The molecule has 0 bridgehead atoms. The summed E-state index contributed by atoms with van der Waals surface area (Å²) >= 11 is 5.53. The molecule has 0 heterocycles. The first-order chi connectivity index (χ1) is 9.24. The van der Waals surface area contributed by atoms with Crippen molar-refractivity contribution >= 4 is 41.5 Å². The molecule has 0 aliphatic carbocycles. The third-order valence-corrected chi connectivity index (χ3v) is 2.43. The molecule has 0 aliphatic heterocycles. The molecule has 1 aromatic carbocycles. The number of alkyl halides is 3. The monoisotopic (exact) mass is 344 g/mol. The molecule has 9 heteroatoms. The Kier molecular flexibility index (Phi) is 7.52. The molecule has 0 amide bonds. The number of nitrogens with one attached hydrogen (secondary N) is 2. The zero-order valence-corrected chi connectivity index (χ0v) is 12.5. The molecule has 21 heavy (non-hydrogen) atoms. The summed E-state index contributed by atoms with van der Waals surface area (Å²) in [6, 6.07) is 3.11. The lowest BCUT2D eigenvalue weighted by molar-refractivity contribution is -0.141. The fraction of sp³-hybridized carbons (Fsp3) is 0.333. The minimum absolute atomic E-state index is 0. The van der Waals surface area contributed by atoms with Gasteiger partial charge in [0.05, 0.1) is 17.9 Å². The van der Waals surface area contributed by atoms with E-state index in [-0.39, 0.29) is 29.7 Å². The Hall–Kier alpha value is -1.47. The highest BCUT2D eigenvalue weighted by Gasteiger charge is 2.34. The van der Waals surface area contributed by atoms with Gasteiger partial charge >= 0.3 is 12.1 Å². The number of anilines is 1. The van der Waals surface area contributed by atoms with Crippen molar-refractivity contribution in [1.82, 2.24) is 0 Å². The number of hydrogen-bond donors (Lipinski definition) is 2. The summed E-state index contributed by atoms with van der Waals surface area (Å²) in [7, 11) is 0. The number of carbonyl (C=O) groups excluding carboxylic acids is 1. The van der Waals surface area contributed by atoms with Gasteiger partial charge in [-0.05, 0) is 25.1 Å². The molecule has 0 fully saturated rings. The van der Waals surface area contributed by atoms with Gasteiger partial charge < -0.3 is 10.1 Å². The van der Waals surface area contributed by atoms with Crippen molar-refractivity contribution in [1.29, 1.82) is 5.41 Å². The normalized spacial score (nSPS) is 10.5. The summed E-state index contributed by atoms with van der Waals surface area (Å²) in [5.41, 5.74) is -1.34. The van der Waals surface area contributed by atoms with E-state index >= 15 is 0 Å². The van der Waals surface area contributed by atoms with Crippen LogP contribution in [0, 0.1) is 5.41 Å². The van der Waals surface area contributed by atoms with E-state index in [0.29, 0.717) is 0 Å². The Labute approximate surface area is 130 Å². The minimum Gasteiger partial charge on any atom is -0.466 e. The van der Waals surface area contributed by atoms with Crippen LogP contribution in [-0.2, 0) is 15.7 Å². The summed E-state index contributed by atoms with van der Waals surface area (Å²) in [6.45, 7) is 1.73. The fourth-order valence-corrected chi connectivity index (χ4v) is 1.60. The Bertz CT molecular complexity index is 522. The van der Waals surface area contributed by atoms with Gasteiger partial charge in [-0.15, -0.1) is 12.4 Å². The van der Waals surface area contributed by atoms with E-state index < -0.39 is 30.0 Å². The summed E-state index contributed by atoms with van der Waals surface area (Å²) in [6.07, 6.45) is -5.05. The van der Waals surface area contributed by atoms with E-state index in [0.717, 1.165) is 12.1 Å². The van der Waals surface area contributed by atoms with Crippen LogP contribution >= 0.6 is 24.0 Å². The second-order valence-corrected chi connectivity index (χ2v) is 4.21. The van der Waals surface area contributed by atoms with Gasteiger partial charge in [0, 0.05) is 5.02 Å². The van der Waals surface area contributed by atoms with E-state index in [2.05, 4.69) is 10.1 Å². The van der Waals surface area contributed by atoms with Gasteiger partial charge in [0.1, 0.15) is 12.3 Å². The first-order valence-electron chi connectivity index (χ1n) is 5.61. The molecule has 4 nitrogen and oxygen atoms in total. The van der Waals surface area contributed by atoms with Crippen LogP contribution in [0.5, 0.6) is 0 Å². The number of ether oxygens (including phenoxy) is 1. The molecule has 0 aromatic heterocycles. The minimum atomic E-state index is -4.61. The Balaban J connectivity index is 0.00000400. The first kappa shape index (κ1) is 19.5. The van der Waals surface area contributed by atoms with Crippen LogP contribution in [0.2, 0.25) is 5.02 Å².